The van der Waals surface area contributed by atoms with Crippen molar-refractivity contribution in [3.05, 3.63) is 41.9 Å². The first-order valence-electron chi connectivity index (χ1n) is 9.81. The number of nitrogens with one attached hydrogen (secondary N) is 1. The van der Waals surface area contributed by atoms with E-state index in [1.54, 1.807) is 34.3 Å². The predicted octanol–water partition coefficient (Wildman–Crippen LogP) is 2.42. The molecule has 0 spiro atoms. The molecular weight excluding hydrogens is 358 g/mol. The Morgan fingerprint density at radius 3 is 2.82 bits per heavy atom. The molecule has 1 aliphatic heterocycles. The fourth-order valence-corrected chi connectivity index (χ4v) is 3.58. The number of aromatic nitrogens is 3. The number of carbonyl (C=O) groups is 2. The van der Waals surface area contributed by atoms with Crippen molar-refractivity contribution < 1.29 is 14.3 Å². The number of amides is 2. The monoisotopic (exact) mass is 385 g/mol. The second-order valence-corrected chi connectivity index (χ2v) is 6.73. The van der Waals surface area contributed by atoms with E-state index in [1.165, 1.54) is 0 Å². The van der Waals surface area contributed by atoms with Crippen molar-refractivity contribution in [1.82, 2.24) is 25.0 Å². The standard InChI is InChI=1S/C20H27N5O3/c1-3-24(4-2)20(27)15-13-22-23-19(15)16-9-6-8-12-25(16)18(26)14-28-17-10-5-7-11-21-17/h5,7,10-11,13,16H,3-4,6,8-9,12,14H2,1-2H3,(H,22,23)/t16-/m1/s1. The van der Waals surface area contributed by atoms with Crippen LogP contribution in [0, 0.1) is 0 Å². The molecule has 1 atom stereocenters. The van der Waals surface area contributed by atoms with Gasteiger partial charge in [0, 0.05) is 31.9 Å². The van der Waals surface area contributed by atoms with Gasteiger partial charge in [-0.2, -0.15) is 5.10 Å². The van der Waals surface area contributed by atoms with Crippen molar-refractivity contribution >= 4 is 11.8 Å². The third kappa shape index (κ3) is 4.32. The van der Waals surface area contributed by atoms with E-state index >= 15 is 0 Å². The molecule has 0 radical (unpaired) electrons. The maximum Gasteiger partial charge on any atom is 0.261 e. The second-order valence-electron chi connectivity index (χ2n) is 6.73. The highest BCUT2D eigenvalue weighted by Crippen LogP contribution is 2.32. The smallest absolute Gasteiger partial charge is 0.261 e. The molecule has 0 aromatic carbocycles. The zero-order valence-corrected chi connectivity index (χ0v) is 16.4. The lowest BCUT2D eigenvalue weighted by molar-refractivity contribution is -0.137. The van der Waals surface area contributed by atoms with Gasteiger partial charge in [0.1, 0.15) is 0 Å². The Morgan fingerprint density at radius 2 is 2.11 bits per heavy atom. The topological polar surface area (TPSA) is 91.4 Å². The molecule has 8 heteroatoms. The van der Waals surface area contributed by atoms with Crippen LogP contribution in [-0.4, -0.2) is 63.0 Å². The molecule has 2 amide bonds. The van der Waals surface area contributed by atoms with Crippen LogP contribution in [0.25, 0.3) is 0 Å². The summed E-state index contributed by atoms with van der Waals surface area (Å²) in [7, 11) is 0. The van der Waals surface area contributed by atoms with Crippen molar-refractivity contribution in [2.24, 2.45) is 0 Å². The Kier molecular flexibility index (Phi) is 6.62. The number of ether oxygens (including phenoxy) is 1. The summed E-state index contributed by atoms with van der Waals surface area (Å²) in [5.74, 6) is 0.242. The molecule has 2 aromatic heterocycles. The van der Waals surface area contributed by atoms with Crippen LogP contribution >= 0.6 is 0 Å². The summed E-state index contributed by atoms with van der Waals surface area (Å²) in [5.41, 5.74) is 1.25. The largest absolute Gasteiger partial charge is 0.468 e. The quantitative estimate of drug-likeness (QED) is 0.790. The number of nitrogens with zero attached hydrogens (tertiary/aromatic N) is 4. The first-order valence-corrected chi connectivity index (χ1v) is 9.81. The van der Waals surface area contributed by atoms with Gasteiger partial charge in [0.05, 0.1) is 23.5 Å². The number of aromatic amines is 1. The summed E-state index contributed by atoms with van der Waals surface area (Å²) in [5, 5.41) is 7.08. The third-order valence-electron chi connectivity index (χ3n) is 5.09. The third-order valence-corrected chi connectivity index (χ3v) is 5.09. The molecule has 2 aromatic rings. The first-order chi connectivity index (χ1) is 13.7. The summed E-state index contributed by atoms with van der Waals surface area (Å²) in [4.78, 5) is 33.3. The number of H-pyrrole nitrogens is 1. The summed E-state index contributed by atoms with van der Waals surface area (Å²) >= 11 is 0. The van der Waals surface area contributed by atoms with E-state index in [4.69, 9.17) is 4.74 Å². The Balaban J connectivity index is 1.76. The van der Waals surface area contributed by atoms with Crippen molar-refractivity contribution in [3.63, 3.8) is 0 Å². The molecule has 1 aliphatic rings. The van der Waals surface area contributed by atoms with Gasteiger partial charge in [-0.05, 0) is 39.2 Å². The van der Waals surface area contributed by atoms with Gasteiger partial charge >= 0.3 is 0 Å². The Bertz CT molecular complexity index is 788. The Hall–Kier alpha value is -2.90. The van der Waals surface area contributed by atoms with Crippen LogP contribution in [0.15, 0.2) is 30.6 Å². The van der Waals surface area contributed by atoms with Gasteiger partial charge in [0.2, 0.25) is 5.88 Å². The second kappa shape index (κ2) is 9.34. The lowest BCUT2D eigenvalue weighted by Crippen LogP contribution is -2.42. The number of carbonyl (C=O) groups excluding carboxylic acids is 2. The number of pyridine rings is 1. The molecule has 3 rings (SSSR count). The minimum absolute atomic E-state index is 0.0588. The molecule has 0 saturated carbocycles. The van der Waals surface area contributed by atoms with Gasteiger partial charge < -0.3 is 14.5 Å². The maximum atomic E-state index is 12.8. The highest BCUT2D eigenvalue weighted by molar-refractivity contribution is 5.95. The van der Waals surface area contributed by atoms with E-state index in [1.807, 2.05) is 19.9 Å². The molecule has 0 unspecified atom stereocenters. The summed E-state index contributed by atoms with van der Waals surface area (Å²) in [6.45, 7) is 5.71. The molecule has 1 N–H and O–H groups in total. The van der Waals surface area contributed by atoms with E-state index in [9.17, 15) is 9.59 Å². The average Bonchev–Trinajstić information content (AvgIpc) is 3.23. The number of likely N-dealkylation sites (tertiary alicyclic amines) is 1. The van der Waals surface area contributed by atoms with E-state index in [2.05, 4.69) is 15.2 Å². The van der Waals surface area contributed by atoms with Crippen LogP contribution in [0.2, 0.25) is 0 Å². The van der Waals surface area contributed by atoms with Crippen LogP contribution < -0.4 is 4.74 Å². The van der Waals surface area contributed by atoms with Crippen LogP contribution in [0.5, 0.6) is 5.88 Å². The zero-order valence-electron chi connectivity index (χ0n) is 16.4. The summed E-state index contributed by atoms with van der Waals surface area (Å²) in [6.07, 6.45) is 5.90. The highest BCUT2D eigenvalue weighted by Gasteiger charge is 2.33. The van der Waals surface area contributed by atoms with E-state index in [-0.39, 0.29) is 24.5 Å². The van der Waals surface area contributed by atoms with Gasteiger partial charge in [-0.15, -0.1) is 0 Å². The van der Waals surface area contributed by atoms with Gasteiger partial charge in [0.15, 0.2) is 6.61 Å². The predicted molar refractivity (Wildman–Crippen MR) is 104 cm³/mol. The molecule has 28 heavy (non-hydrogen) atoms. The molecule has 8 nitrogen and oxygen atoms in total. The van der Waals surface area contributed by atoms with E-state index in [0.29, 0.717) is 36.8 Å². The molecule has 1 saturated heterocycles. The average molecular weight is 385 g/mol. The SMILES string of the molecule is CCN(CC)C(=O)c1cn[nH]c1[C@H]1CCCCN1C(=O)COc1ccccn1. The molecular formula is C20H27N5O3. The highest BCUT2D eigenvalue weighted by atomic mass is 16.5. The van der Waals surface area contributed by atoms with E-state index < -0.39 is 0 Å². The van der Waals surface area contributed by atoms with Gasteiger partial charge in [0.25, 0.3) is 11.8 Å². The van der Waals surface area contributed by atoms with Gasteiger partial charge in [-0.3, -0.25) is 14.7 Å². The molecule has 0 aliphatic carbocycles. The lowest BCUT2D eigenvalue weighted by Gasteiger charge is -2.35. The van der Waals surface area contributed by atoms with Crippen LogP contribution in [-0.2, 0) is 4.79 Å². The van der Waals surface area contributed by atoms with Gasteiger partial charge in [-0.25, -0.2) is 4.98 Å². The first kappa shape index (κ1) is 19.9. The van der Waals surface area contributed by atoms with E-state index in [0.717, 1.165) is 19.3 Å². The summed E-state index contributed by atoms with van der Waals surface area (Å²) in [6, 6.07) is 5.12. The van der Waals surface area contributed by atoms with Crippen molar-refractivity contribution in [3.8, 4) is 5.88 Å². The van der Waals surface area contributed by atoms with Crippen LogP contribution in [0.3, 0.4) is 0 Å². The molecule has 150 valence electrons. The maximum absolute atomic E-state index is 12.8. The van der Waals surface area contributed by atoms with Crippen molar-refractivity contribution in [2.75, 3.05) is 26.2 Å². The van der Waals surface area contributed by atoms with Crippen molar-refractivity contribution in [1.29, 1.82) is 0 Å². The summed E-state index contributed by atoms with van der Waals surface area (Å²) < 4.78 is 5.53. The Morgan fingerprint density at radius 1 is 1.29 bits per heavy atom. The number of piperidine rings is 1. The normalized spacial score (nSPS) is 16.6. The number of rotatable bonds is 7. The molecule has 0 bridgehead atoms. The van der Waals surface area contributed by atoms with Crippen LogP contribution in [0.1, 0.15) is 55.2 Å². The van der Waals surface area contributed by atoms with Gasteiger partial charge in [-0.1, -0.05) is 6.07 Å². The fourth-order valence-electron chi connectivity index (χ4n) is 3.58. The lowest BCUT2D eigenvalue weighted by atomic mass is 9.96. The minimum atomic E-state index is -0.203. The van der Waals surface area contributed by atoms with Crippen molar-refractivity contribution in [2.45, 2.75) is 39.2 Å². The number of hydrogen-bond donors (Lipinski definition) is 1. The molecule has 1 fully saturated rings. The minimum Gasteiger partial charge on any atom is -0.468 e. The molecule has 3 heterocycles. The van der Waals surface area contributed by atoms with Crippen LogP contribution in [0.4, 0.5) is 0 Å². The zero-order chi connectivity index (χ0) is 19.9. The fraction of sp³-hybridized carbons (Fsp3) is 0.500. The number of hydrogen-bond acceptors (Lipinski definition) is 5. The Labute approximate surface area is 164 Å².